The van der Waals surface area contributed by atoms with Crippen molar-refractivity contribution in [2.24, 2.45) is 12.0 Å². The van der Waals surface area contributed by atoms with Gasteiger partial charge in [-0.15, -0.1) is 0 Å². The third kappa shape index (κ3) is 4.16. The molecule has 0 aliphatic rings. The molecule has 2 aromatic carbocycles. The fourth-order valence-electron chi connectivity index (χ4n) is 2.64. The highest BCUT2D eigenvalue weighted by molar-refractivity contribution is 8.00. The Labute approximate surface area is 157 Å². The van der Waals surface area contributed by atoms with Crippen molar-refractivity contribution in [3.63, 3.8) is 0 Å². The van der Waals surface area contributed by atoms with Crippen molar-refractivity contribution in [2.75, 3.05) is 0 Å². The maximum Gasteiger partial charge on any atom is 0.446 e. The topological polar surface area (TPSA) is 39.3 Å². The zero-order chi connectivity index (χ0) is 19.6. The summed E-state index contributed by atoms with van der Waals surface area (Å²) in [5.74, 6) is 0. The van der Waals surface area contributed by atoms with Gasteiger partial charge >= 0.3 is 5.51 Å². The zero-order valence-electron chi connectivity index (χ0n) is 14.6. The molecule has 4 nitrogen and oxygen atoms in total. The quantitative estimate of drug-likeness (QED) is 0.471. The standard InChI is InChI=1S/C19H16F3N3OS/c1-13-17(18(26)25(24(13)2)15-9-4-3-5-10-15)23-12-14-8-6-7-11-16(14)27-19(20,21)22/h3-12H,1-2H3. The predicted octanol–water partition coefficient (Wildman–Crippen LogP) is 4.85. The number of hydrogen-bond acceptors (Lipinski definition) is 3. The van der Waals surface area contributed by atoms with Gasteiger partial charge in [-0.2, -0.15) is 13.2 Å². The van der Waals surface area contributed by atoms with E-state index in [1.807, 2.05) is 18.2 Å². The molecule has 3 aromatic rings. The summed E-state index contributed by atoms with van der Waals surface area (Å²) in [7, 11) is 1.73. The van der Waals surface area contributed by atoms with Crippen LogP contribution in [0.4, 0.5) is 18.9 Å². The number of aliphatic imine (C=N–C) groups is 1. The molecule has 0 saturated carbocycles. The van der Waals surface area contributed by atoms with E-state index >= 15 is 0 Å². The zero-order valence-corrected chi connectivity index (χ0v) is 15.4. The minimum atomic E-state index is -4.40. The van der Waals surface area contributed by atoms with Gasteiger partial charge in [-0.1, -0.05) is 36.4 Å². The number of nitrogens with zero attached hydrogens (tertiary/aromatic N) is 3. The average Bonchev–Trinajstić information content (AvgIpc) is 2.83. The average molecular weight is 391 g/mol. The summed E-state index contributed by atoms with van der Waals surface area (Å²) >= 11 is -0.204. The first kappa shape index (κ1) is 19.0. The molecule has 0 fully saturated rings. The van der Waals surface area contributed by atoms with Crippen molar-refractivity contribution in [2.45, 2.75) is 17.3 Å². The molecule has 0 saturated heterocycles. The number of thioether (sulfide) groups is 1. The van der Waals surface area contributed by atoms with Crippen molar-refractivity contribution in [1.29, 1.82) is 0 Å². The fourth-order valence-corrected chi connectivity index (χ4v) is 3.28. The van der Waals surface area contributed by atoms with Crippen LogP contribution in [0, 0.1) is 6.92 Å². The number of para-hydroxylation sites is 1. The molecule has 1 aromatic heterocycles. The number of aromatic nitrogens is 2. The molecule has 0 spiro atoms. The summed E-state index contributed by atoms with van der Waals surface area (Å²) in [4.78, 5) is 17.0. The molecule has 0 N–H and O–H groups in total. The molecule has 0 aliphatic heterocycles. The Morgan fingerprint density at radius 1 is 1.04 bits per heavy atom. The van der Waals surface area contributed by atoms with Crippen molar-refractivity contribution in [3.8, 4) is 5.69 Å². The van der Waals surface area contributed by atoms with E-state index in [2.05, 4.69) is 4.99 Å². The molecule has 0 radical (unpaired) electrons. The van der Waals surface area contributed by atoms with E-state index in [4.69, 9.17) is 0 Å². The molecular formula is C19H16F3N3OS. The van der Waals surface area contributed by atoms with Gasteiger partial charge in [-0.3, -0.25) is 9.48 Å². The Kier molecular flexibility index (Phi) is 5.27. The van der Waals surface area contributed by atoms with E-state index in [0.717, 1.165) is 0 Å². The van der Waals surface area contributed by atoms with Crippen LogP contribution in [0.5, 0.6) is 0 Å². The Bertz CT molecular complexity index is 1040. The maximum atomic E-state index is 12.8. The van der Waals surface area contributed by atoms with Gasteiger partial charge in [0.2, 0.25) is 0 Å². The Morgan fingerprint density at radius 2 is 1.67 bits per heavy atom. The first-order valence-electron chi connectivity index (χ1n) is 8.01. The third-order valence-electron chi connectivity index (χ3n) is 4.00. The van der Waals surface area contributed by atoms with Gasteiger partial charge in [0.05, 0.1) is 11.4 Å². The first-order valence-corrected chi connectivity index (χ1v) is 8.82. The smallest absolute Gasteiger partial charge is 0.283 e. The monoisotopic (exact) mass is 391 g/mol. The van der Waals surface area contributed by atoms with E-state index in [9.17, 15) is 18.0 Å². The second-order valence-corrected chi connectivity index (χ2v) is 6.86. The Balaban J connectivity index is 2.02. The lowest BCUT2D eigenvalue weighted by molar-refractivity contribution is -0.0328. The van der Waals surface area contributed by atoms with Gasteiger partial charge in [0, 0.05) is 23.7 Å². The number of alkyl halides is 3. The summed E-state index contributed by atoms with van der Waals surface area (Å²) in [6.07, 6.45) is 1.30. The van der Waals surface area contributed by atoms with Crippen LogP contribution in [0.1, 0.15) is 11.3 Å². The van der Waals surface area contributed by atoms with Crippen LogP contribution in [0.25, 0.3) is 5.69 Å². The van der Waals surface area contributed by atoms with Gasteiger partial charge in [-0.25, -0.2) is 9.67 Å². The second-order valence-electron chi connectivity index (χ2n) is 5.75. The molecule has 27 heavy (non-hydrogen) atoms. The molecule has 140 valence electrons. The number of halogens is 3. The highest BCUT2D eigenvalue weighted by Crippen LogP contribution is 2.38. The van der Waals surface area contributed by atoms with E-state index < -0.39 is 5.51 Å². The molecular weight excluding hydrogens is 375 g/mol. The SMILES string of the molecule is Cc1c(N=Cc2ccccc2SC(F)(F)F)c(=O)n(-c2ccccc2)n1C. The van der Waals surface area contributed by atoms with Crippen LogP contribution in [0.2, 0.25) is 0 Å². The van der Waals surface area contributed by atoms with Crippen molar-refractivity contribution >= 4 is 23.7 Å². The van der Waals surface area contributed by atoms with Crippen LogP contribution >= 0.6 is 11.8 Å². The second kappa shape index (κ2) is 7.48. The summed E-state index contributed by atoms with van der Waals surface area (Å²) in [5.41, 5.74) is -2.95. The molecule has 8 heteroatoms. The predicted molar refractivity (Wildman–Crippen MR) is 101 cm³/mol. The molecule has 1 heterocycles. The summed E-state index contributed by atoms with van der Waals surface area (Å²) in [6, 6.07) is 15.1. The normalized spacial score (nSPS) is 12.0. The lowest BCUT2D eigenvalue weighted by Crippen LogP contribution is -2.19. The van der Waals surface area contributed by atoms with E-state index in [1.165, 1.54) is 29.1 Å². The van der Waals surface area contributed by atoms with Gasteiger partial charge in [0.25, 0.3) is 5.56 Å². The Morgan fingerprint density at radius 3 is 2.33 bits per heavy atom. The Hall–Kier alpha value is -2.74. The molecule has 0 bridgehead atoms. The van der Waals surface area contributed by atoms with E-state index in [-0.39, 0.29) is 27.9 Å². The van der Waals surface area contributed by atoms with Crippen LogP contribution in [0.3, 0.4) is 0 Å². The van der Waals surface area contributed by atoms with Gasteiger partial charge < -0.3 is 0 Å². The summed E-state index contributed by atoms with van der Waals surface area (Å²) in [5, 5.41) is 0. The third-order valence-corrected chi connectivity index (χ3v) is 4.82. The first-order chi connectivity index (χ1) is 12.8. The van der Waals surface area contributed by atoms with Gasteiger partial charge in [-0.05, 0) is 36.9 Å². The molecule has 0 unspecified atom stereocenters. The van der Waals surface area contributed by atoms with Crippen LogP contribution in [-0.4, -0.2) is 21.1 Å². The molecule has 3 rings (SSSR count). The maximum absolute atomic E-state index is 12.8. The lowest BCUT2D eigenvalue weighted by atomic mass is 10.2. The van der Waals surface area contributed by atoms with E-state index in [0.29, 0.717) is 16.9 Å². The highest BCUT2D eigenvalue weighted by Gasteiger charge is 2.30. The van der Waals surface area contributed by atoms with Gasteiger partial charge in [0.15, 0.2) is 5.69 Å². The largest absolute Gasteiger partial charge is 0.446 e. The van der Waals surface area contributed by atoms with Crippen molar-refractivity contribution in [3.05, 3.63) is 76.2 Å². The highest BCUT2D eigenvalue weighted by atomic mass is 32.2. The number of rotatable bonds is 4. The number of benzene rings is 2. The van der Waals surface area contributed by atoms with E-state index in [1.54, 1.807) is 36.9 Å². The molecule has 0 atom stereocenters. The fraction of sp³-hybridized carbons (Fsp3) is 0.158. The van der Waals surface area contributed by atoms with Gasteiger partial charge in [0.1, 0.15) is 0 Å². The van der Waals surface area contributed by atoms with Crippen LogP contribution in [-0.2, 0) is 7.05 Å². The minimum Gasteiger partial charge on any atom is -0.283 e. The molecule has 0 aliphatic carbocycles. The van der Waals surface area contributed by atoms with Crippen LogP contribution < -0.4 is 5.56 Å². The minimum absolute atomic E-state index is 0.0331. The van der Waals surface area contributed by atoms with Crippen molar-refractivity contribution in [1.82, 2.24) is 9.36 Å². The van der Waals surface area contributed by atoms with Crippen LogP contribution in [0.15, 0.2) is 69.3 Å². The summed E-state index contributed by atoms with van der Waals surface area (Å²) in [6.45, 7) is 1.74. The number of hydrogen-bond donors (Lipinski definition) is 0. The molecule has 0 amide bonds. The van der Waals surface area contributed by atoms with Crippen molar-refractivity contribution < 1.29 is 13.2 Å². The summed E-state index contributed by atoms with van der Waals surface area (Å²) < 4.78 is 41.3. The lowest BCUT2D eigenvalue weighted by Gasteiger charge is -2.07.